The number of aliphatic imine (C=N–C) groups is 1. The molecule has 13 heteroatoms. The Hall–Kier alpha value is -3.51. The molecular weight excluding hydrogens is 849 g/mol. The van der Waals surface area contributed by atoms with Gasteiger partial charge in [0.25, 0.3) is 0 Å². The fourth-order valence-corrected chi connectivity index (χ4v) is 16.6. The number of allylic oxidation sites excluding steroid dienone is 3. The zero-order valence-electron chi connectivity index (χ0n) is 40.2. The van der Waals surface area contributed by atoms with Crippen LogP contribution < -0.4 is 11.5 Å². The summed E-state index contributed by atoms with van der Waals surface area (Å²) in [5.74, 6) is 4.81. The second kappa shape index (κ2) is 18.3. The molecule has 368 valence electrons. The number of cyclic esters (lactones) is 1. The molecule has 5 fully saturated rings. The Morgan fingerprint density at radius 1 is 0.955 bits per heavy atom. The average molecular weight is 927 g/mol. The second-order valence-corrected chi connectivity index (χ2v) is 23.4. The molecule has 4 saturated carbocycles. The maximum Gasteiger partial charge on any atom is 0.313 e. The molecule has 0 bridgehead atoms. The van der Waals surface area contributed by atoms with E-state index in [4.69, 9.17) is 16.2 Å². The summed E-state index contributed by atoms with van der Waals surface area (Å²) in [6.45, 7) is 8.59. The number of aliphatic hydroxyl groups excluding tert-OH is 4. The average Bonchev–Trinajstić information content (AvgIpc) is 4.01. The van der Waals surface area contributed by atoms with Gasteiger partial charge in [-0.05, 0) is 167 Å². The van der Waals surface area contributed by atoms with Crippen molar-refractivity contribution in [1.29, 1.82) is 0 Å². The fraction of sp³-hybridized carbons (Fsp3) is 0.759. The van der Waals surface area contributed by atoms with Crippen LogP contribution in [0.25, 0.3) is 0 Å². The van der Waals surface area contributed by atoms with E-state index in [0.717, 1.165) is 37.7 Å². The number of guanidine groups is 1. The molecule has 9 rings (SSSR count). The van der Waals surface area contributed by atoms with E-state index in [2.05, 4.69) is 41.7 Å². The van der Waals surface area contributed by atoms with Crippen LogP contribution in [0.4, 0.5) is 0 Å². The summed E-state index contributed by atoms with van der Waals surface area (Å²) in [5, 5.41) is 72.9. The molecule has 1 aromatic rings. The van der Waals surface area contributed by atoms with Crippen molar-refractivity contribution in [3.8, 4) is 11.8 Å². The van der Waals surface area contributed by atoms with Gasteiger partial charge in [0, 0.05) is 60.5 Å². The van der Waals surface area contributed by atoms with Crippen LogP contribution in [-0.4, -0.2) is 103 Å². The highest BCUT2D eigenvalue weighted by Crippen LogP contribution is 2.72. The summed E-state index contributed by atoms with van der Waals surface area (Å²) in [6.07, 6.45) is 12.3. The van der Waals surface area contributed by atoms with Gasteiger partial charge in [-0.25, -0.2) is 0 Å². The third-order valence-corrected chi connectivity index (χ3v) is 19.9. The number of hydrogen-bond donors (Lipinski definition) is 9. The predicted octanol–water partition coefficient (Wildman–Crippen LogP) is 4.89. The van der Waals surface area contributed by atoms with E-state index in [1.165, 1.54) is 5.57 Å². The molecule has 1 saturated heterocycles. The summed E-state index contributed by atoms with van der Waals surface area (Å²) in [6, 6.07) is 1.95. The van der Waals surface area contributed by atoms with Crippen molar-refractivity contribution in [3.63, 3.8) is 0 Å². The number of fused-ring (bicyclic) bond motifs is 10. The van der Waals surface area contributed by atoms with Gasteiger partial charge in [0.2, 0.25) is 0 Å². The smallest absolute Gasteiger partial charge is 0.313 e. The number of hydrogen-bond acceptors (Lipinski definition) is 10. The number of aliphatic hydroxyl groups is 6. The maximum atomic E-state index is 14.4. The normalized spacial score (nSPS) is 47.3. The van der Waals surface area contributed by atoms with Crippen molar-refractivity contribution >= 4 is 17.7 Å². The lowest BCUT2D eigenvalue weighted by atomic mass is 9.44. The summed E-state index contributed by atoms with van der Waals surface area (Å²) < 4.78 is 5.94. The number of nitrogens with two attached hydrogens (primary N) is 2. The third kappa shape index (κ3) is 8.15. The molecule has 2 heterocycles. The summed E-state index contributed by atoms with van der Waals surface area (Å²) in [5.41, 5.74) is 9.55. The fourth-order valence-electron chi connectivity index (χ4n) is 16.6. The quantitative estimate of drug-likeness (QED) is 0.0559. The van der Waals surface area contributed by atoms with E-state index in [9.17, 15) is 40.2 Å². The SMILES string of the molecule is CC1CCC2=CCC3C(C)CC(O)C(C)(O)C4C(CC5(O)C6=CC(=O)C7CC(O)C(O)CC7(C)C6CCC45CCN=C(N)N)C(CCCO)C#CC(C4COC(=O)C4c4cc[nH]c4)CC3C2C1. The molecule has 0 amide bonds. The van der Waals surface area contributed by atoms with Gasteiger partial charge in [-0.15, -0.1) is 0 Å². The van der Waals surface area contributed by atoms with Crippen molar-refractivity contribution in [1.82, 2.24) is 4.98 Å². The van der Waals surface area contributed by atoms with Gasteiger partial charge in [0.1, 0.15) is 0 Å². The molecule has 7 aliphatic carbocycles. The minimum Gasteiger partial charge on any atom is -0.465 e. The van der Waals surface area contributed by atoms with Gasteiger partial charge >= 0.3 is 5.97 Å². The first-order valence-electron chi connectivity index (χ1n) is 25.7. The highest BCUT2D eigenvalue weighted by atomic mass is 16.5. The first kappa shape index (κ1) is 48.5. The highest BCUT2D eigenvalue weighted by Gasteiger charge is 2.74. The molecular formula is C54H78N4O9. The van der Waals surface area contributed by atoms with Crippen LogP contribution in [0.5, 0.6) is 0 Å². The number of aromatic amines is 1. The maximum absolute atomic E-state index is 14.4. The van der Waals surface area contributed by atoms with Crippen LogP contribution >= 0.6 is 0 Å². The molecule has 67 heavy (non-hydrogen) atoms. The standard InChI is InChI=1S/C54H78N4O9/c1-29-7-8-32-11-12-35-30(2)21-46(63)52(4,65)48-38(31(6-5-19-59)9-10-33(22-37(35)36(32)20-29)39-28-67-49(64)47(39)34-14-17-57-27-34)25-54(66)41-23-43(60)42-24-44(61)45(62)26-51(42,3)40(41)13-15-53(48,54)16-18-58-50(55)56/h11,14,17,23,27,29-31,33,35-40,42,44-48,57,59,61-63,65-66H,5-8,12-13,15-16,18-22,24-26,28H2,1-4H3,(H4,55,56,58). The number of nitrogens with zero attached hydrogens (tertiary/aromatic N) is 1. The first-order chi connectivity index (χ1) is 31.8. The molecule has 13 nitrogen and oxygen atoms in total. The van der Waals surface area contributed by atoms with Crippen LogP contribution in [0.15, 0.2) is 46.8 Å². The first-order valence-corrected chi connectivity index (χ1v) is 25.7. The number of ether oxygens (including phenoxy) is 1. The summed E-state index contributed by atoms with van der Waals surface area (Å²) >= 11 is 0. The monoisotopic (exact) mass is 927 g/mol. The lowest BCUT2D eigenvalue weighted by Crippen LogP contribution is -2.64. The van der Waals surface area contributed by atoms with Gasteiger partial charge in [0.05, 0.1) is 42.0 Å². The van der Waals surface area contributed by atoms with Crippen LogP contribution in [0.1, 0.15) is 129 Å². The van der Waals surface area contributed by atoms with Crippen molar-refractivity contribution < 1.29 is 45.0 Å². The molecule has 11 N–H and O–H groups in total. The largest absolute Gasteiger partial charge is 0.465 e. The van der Waals surface area contributed by atoms with Gasteiger partial charge in [-0.2, -0.15) is 0 Å². The molecule has 0 radical (unpaired) electrons. The molecule has 0 aromatic carbocycles. The Labute approximate surface area is 396 Å². The lowest BCUT2D eigenvalue weighted by Gasteiger charge is -2.61. The van der Waals surface area contributed by atoms with E-state index in [1.807, 2.05) is 25.4 Å². The molecule has 0 spiro atoms. The number of carbonyl (C=O) groups is 2. The van der Waals surface area contributed by atoms with Crippen molar-refractivity contribution in [2.24, 2.45) is 98.3 Å². The number of aromatic nitrogens is 1. The minimum absolute atomic E-state index is 0.0151. The molecule has 1 aromatic heterocycles. The number of rotatable bonds is 8. The van der Waals surface area contributed by atoms with Gasteiger partial charge in [-0.1, -0.05) is 44.3 Å². The van der Waals surface area contributed by atoms with Crippen LogP contribution in [0, 0.1) is 93.7 Å². The molecule has 1 aliphatic heterocycles. The Bertz CT molecular complexity index is 2170. The lowest BCUT2D eigenvalue weighted by molar-refractivity contribution is -0.190. The molecule has 20 atom stereocenters. The van der Waals surface area contributed by atoms with E-state index in [0.29, 0.717) is 49.5 Å². The van der Waals surface area contributed by atoms with E-state index >= 15 is 0 Å². The number of H-pyrrole nitrogens is 1. The van der Waals surface area contributed by atoms with Gasteiger partial charge in [-0.3, -0.25) is 14.6 Å². The van der Waals surface area contributed by atoms with Crippen LogP contribution in [0.3, 0.4) is 0 Å². The van der Waals surface area contributed by atoms with Gasteiger partial charge < -0.3 is 51.8 Å². The van der Waals surface area contributed by atoms with Gasteiger partial charge in [0.15, 0.2) is 11.7 Å². The van der Waals surface area contributed by atoms with Crippen LogP contribution in [0.2, 0.25) is 0 Å². The number of carbonyl (C=O) groups excluding carboxylic acids is 2. The highest BCUT2D eigenvalue weighted by molar-refractivity contribution is 5.95. The second-order valence-electron chi connectivity index (χ2n) is 23.4. The number of esters is 1. The summed E-state index contributed by atoms with van der Waals surface area (Å²) in [7, 11) is 0. The topological polar surface area (TPSA) is 245 Å². The Morgan fingerprint density at radius 3 is 2.48 bits per heavy atom. The number of nitrogens with one attached hydrogen (secondary N) is 1. The Balaban J connectivity index is 1.23. The van der Waals surface area contributed by atoms with Crippen LogP contribution in [-0.2, 0) is 14.3 Å². The van der Waals surface area contributed by atoms with E-state index in [1.54, 1.807) is 13.0 Å². The van der Waals surface area contributed by atoms with E-state index < -0.39 is 69.9 Å². The Kier molecular flexibility index (Phi) is 13.3. The van der Waals surface area contributed by atoms with Crippen molar-refractivity contribution in [3.05, 3.63) is 47.3 Å². The van der Waals surface area contributed by atoms with E-state index in [-0.39, 0.29) is 98.7 Å². The van der Waals surface area contributed by atoms with Crippen molar-refractivity contribution in [2.45, 2.75) is 153 Å². The Morgan fingerprint density at radius 2 is 1.75 bits per heavy atom. The third-order valence-electron chi connectivity index (χ3n) is 19.9. The zero-order chi connectivity index (χ0) is 47.8. The van der Waals surface area contributed by atoms with Crippen molar-refractivity contribution in [2.75, 3.05) is 19.8 Å². The number of ketones is 1. The summed E-state index contributed by atoms with van der Waals surface area (Å²) in [4.78, 5) is 35.8. The molecule has 8 aliphatic rings. The zero-order valence-corrected chi connectivity index (χ0v) is 40.2. The molecule has 20 unspecified atom stereocenters. The predicted molar refractivity (Wildman–Crippen MR) is 253 cm³/mol. The minimum atomic E-state index is -1.77.